The van der Waals surface area contributed by atoms with Crippen LogP contribution < -0.4 is 14.2 Å². The van der Waals surface area contributed by atoms with Crippen molar-refractivity contribution in [2.45, 2.75) is 20.8 Å². The topological polar surface area (TPSA) is 80.3 Å². The SMILES string of the molecule is C/C=C(/C)C(=O)OC/C(=C/C)C(=O)OC/C=C/c1cc(OC)c2c(c1)OCO2. The van der Waals surface area contributed by atoms with Crippen LogP contribution in [0.5, 0.6) is 17.2 Å². The lowest BCUT2D eigenvalue weighted by Gasteiger charge is -2.08. The van der Waals surface area contributed by atoms with E-state index in [1.54, 1.807) is 58.3 Å². The van der Waals surface area contributed by atoms with Crippen LogP contribution in [-0.2, 0) is 19.1 Å². The summed E-state index contributed by atoms with van der Waals surface area (Å²) in [7, 11) is 1.55. The van der Waals surface area contributed by atoms with Crippen molar-refractivity contribution >= 4 is 18.0 Å². The molecule has 0 atom stereocenters. The lowest BCUT2D eigenvalue weighted by atomic mass is 10.1. The van der Waals surface area contributed by atoms with Gasteiger partial charge in [0.25, 0.3) is 0 Å². The summed E-state index contributed by atoms with van der Waals surface area (Å²) in [6.45, 7) is 5.15. The van der Waals surface area contributed by atoms with E-state index >= 15 is 0 Å². The number of esters is 2. The molecular formula is C21H24O7. The monoisotopic (exact) mass is 388 g/mol. The number of carbonyl (C=O) groups excluding carboxylic acids is 2. The fraction of sp³-hybridized carbons (Fsp3) is 0.333. The molecule has 1 aliphatic heterocycles. The van der Waals surface area contributed by atoms with Crippen LogP contribution in [0.1, 0.15) is 26.3 Å². The molecule has 0 saturated carbocycles. The van der Waals surface area contributed by atoms with Crippen molar-refractivity contribution in [3.63, 3.8) is 0 Å². The molecule has 28 heavy (non-hydrogen) atoms. The van der Waals surface area contributed by atoms with Crippen LogP contribution >= 0.6 is 0 Å². The predicted octanol–water partition coefficient (Wildman–Crippen LogP) is 3.44. The zero-order valence-electron chi connectivity index (χ0n) is 16.4. The molecule has 1 aromatic rings. The number of methoxy groups -OCH3 is 1. The molecule has 0 amide bonds. The maximum atomic E-state index is 12.1. The molecule has 0 spiro atoms. The standard InChI is InChI=1S/C21H24O7/c1-5-14(3)20(22)26-12-16(6-2)21(23)25-9-7-8-15-10-17(24-4)19-18(11-15)27-13-28-19/h5-8,10-11H,9,12-13H2,1-4H3/b8-7+,14-5-,16-6-. The third-order valence-corrected chi connectivity index (χ3v) is 4.03. The van der Waals surface area contributed by atoms with Gasteiger partial charge < -0.3 is 23.7 Å². The van der Waals surface area contributed by atoms with Gasteiger partial charge in [-0.3, -0.25) is 0 Å². The first-order valence-electron chi connectivity index (χ1n) is 8.76. The highest BCUT2D eigenvalue weighted by Crippen LogP contribution is 2.42. The summed E-state index contributed by atoms with van der Waals surface area (Å²) in [4.78, 5) is 23.8. The highest BCUT2D eigenvalue weighted by molar-refractivity contribution is 5.91. The maximum absolute atomic E-state index is 12.1. The molecule has 0 fully saturated rings. The highest BCUT2D eigenvalue weighted by Gasteiger charge is 2.19. The van der Waals surface area contributed by atoms with E-state index in [2.05, 4.69) is 0 Å². The van der Waals surface area contributed by atoms with Gasteiger partial charge in [0, 0.05) is 5.57 Å². The molecule has 0 radical (unpaired) electrons. The quantitative estimate of drug-likeness (QED) is 0.498. The van der Waals surface area contributed by atoms with E-state index in [0.29, 0.717) is 22.8 Å². The largest absolute Gasteiger partial charge is 0.493 e. The van der Waals surface area contributed by atoms with Crippen molar-refractivity contribution in [3.05, 3.63) is 47.1 Å². The van der Waals surface area contributed by atoms with E-state index < -0.39 is 11.9 Å². The Bertz CT molecular complexity index is 818. The van der Waals surface area contributed by atoms with Crippen molar-refractivity contribution in [3.8, 4) is 17.2 Å². The first kappa shape index (κ1) is 21.1. The van der Waals surface area contributed by atoms with E-state index in [0.717, 1.165) is 5.56 Å². The number of allylic oxidation sites excluding steroid dienone is 2. The molecule has 2 rings (SSSR count). The zero-order valence-corrected chi connectivity index (χ0v) is 16.4. The Labute approximate surface area is 164 Å². The first-order valence-corrected chi connectivity index (χ1v) is 8.76. The Morgan fingerprint density at radius 2 is 1.89 bits per heavy atom. The molecule has 7 nitrogen and oxygen atoms in total. The minimum atomic E-state index is -0.540. The van der Waals surface area contributed by atoms with Crippen molar-refractivity contribution < 1.29 is 33.3 Å². The second kappa shape index (κ2) is 10.2. The van der Waals surface area contributed by atoms with Crippen LogP contribution in [-0.4, -0.2) is 39.1 Å². The molecule has 0 saturated heterocycles. The van der Waals surface area contributed by atoms with Gasteiger partial charge in [-0.05, 0) is 44.5 Å². The fourth-order valence-corrected chi connectivity index (χ4v) is 2.28. The molecule has 0 unspecified atom stereocenters. The van der Waals surface area contributed by atoms with Gasteiger partial charge in [-0.15, -0.1) is 0 Å². The molecule has 0 aliphatic carbocycles. The molecular weight excluding hydrogens is 364 g/mol. The van der Waals surface area contributed by atoms with Gasteiger partial charge >= 0.3 is 11.9 Å². The summed E-state index contributed by atoms with van der Waals surface area (Å²) in [5, 5.41) is 0. The van der Waals surface area contributed by atoms with E-state index in [4.69, 9.17) is 23.7 Å². The van der Waals surface area contributed by atoms with Gasteiger partial charge in [0.15, 0.2) is 11.5 Å². The van der Waals surface area contributed by atoms with E-state index in [1.165, 1.54) is 0 Å². The Kier molecular flexibility index (Phi) is 7.68. The van der Waals surface area contributed by atoms with Gasteiger partial charge in [0.05, 0.1) is 12.7 Å². The summed E-state index contributed by atoms with van der Waals surface area (Å²) in [6, 6.07) is 3.61. The third kappa shape index (κ3) is 5.39. The molecule has 1 aliphatic rings. The van der Waals surface area contributed by atoms with Gasteiger partial charge in [0.1, 0.15) is 13.2 Å². The Morgan fingerprint density at radius 1 is 1.11 bits per heavy atom. The van der Waals surface area contributed by atoms with E-state index in [1.807, 2.05) is 6.07 Å². The van der Waals surface area contributed by atoms with E-state index in [9.17, 15) is 9.59 Å². The highest BCUT2D eigenvalue weighted by atomic mass is 16.7. The summed E-state index contributed by atoms with van der Waals surface area (Å²) in [6.07, 6.45) is 6.68. The minimum Gasteiger partial charge on any atom is -0.493 e. The molecule has 1 aromatic carbocycles. The van der Waals surface area contributed by atoms with Gasteiger partial charge in [-0.1, -0.05) is 18.2 Å². The number of rotatable bonds is 8. The summed E-state index contributed by atoms with van der Waals surface area (Å²) < 4.78 is 26.3. The summed E-state index contributed by atoms with van der Waals surface area (Å²) in [5.41, 5.74) is 1.57. The summed E-state index contributed by atoms with van der Waals surface area (Å²) >= 11 is 0. The van der Waals surface area contributed by atoms with Crippen LogP contribution in [0.3, 0.4) is 0 Å². The second-order valence-electron chi connectivity index (χ2n) is 5.82. The van der Waals surface area contributed by atoms with Gasteiger partial charge in [0.2, 0.25) is 12.5 Å². The molecule has 0 aromatic heterocycles. The third-order valence-electron chi connectivity index (χ3n) is 4.03. The average molecular weight is 388 g/mol. The fourth-order valence-electron chi connectivity index (χ4n) is 2.28. The number of ether oxygens (including phenoxy) is 5. The number of carbonyl (C=O) groups is 2. The number of benzene rings is 1. The number of hydrogen-bond acceptors (Lipinski definition) is 7. The average Bonchev–Trinajstić information content (AvgIpc) is 3.18. The Morgan fingerprint density at radius 3 is 2.57 bits per heavy atom. The van der Waals surface area contributed by atoms with E-state index in [-0.39, 0.29) is 25.6 Å². The maximum Gasteiger partial charge on any atom is 0.337 e. The smallest absolute Gasteiger partial charge is 0.337 e. The second-order valence-corrected chi connectivity index (χ2v) is 5.82. The van der Waals surface area contributed by atoms with Crippen molar-refractivity contribution in [2.75, 3.05) is 27.1 Å². The normalized spacial score (nSPS) is 13.6. The molecule has 1 heterocycles. The van der Waals surface area contributed by atoms with Crippen LogP contribution in [0.2, 0.25) is 0 Å². The number of fused-ring (bicyclic) bond motifs is 1. The van der Waals surface area contributed by atoms with Crippen LogP contribution in [0.25, 0.3) is 6.08 Å². The Balaban J connectivity index is 1.88. The van der Waals surface area contributed by atoms with Gasteiger partial charge in [-0.2, -0.15) is 0 Å². The molecule has 0 bridgehead atoms. The van der Waals surface area contributed by atoms with Gasteiger partial charge in [-0.25, -0.2) is 9.59 Å². The lowest BCUT2D eigenvalue weighted by molar-refractivity contribution is -0.141. The zero-order chi connectivity index (χ0) is 20.5. The van der Waals surface area contributed by atoms with Crippen molar-refractivity contribution in [1.82, 2.24) is 0 Å². The van der Waals surface area contributed by atoms with Crippen LogP contribution in [0.15, 0.2) is 41.5 Å². The number of hydrogen-bond donors (Lipinski definition) is 0. The lowest BCUT2D eigenvalue weighted by Crippen LogP contribution is -2.16. The minimum absolute atomic E-state index is 0.0643. The summed E-state index contributed by atoms with van der Waals surface area (Å²) in [5.74, 6) is 0.741. The molecule has 7 heteroatoms. The van der Waals surface area contributed by atoms with Crippen molar-refractivity contribution in [2.24, 2.45) is 0 Å². The Hall–Kier alpha value is -3.22. The van der Waals surface area contributed by atoms with Crippen LogP contribution in [0, 0.1) is 0 Å². The predicted molar refractivity (Wildman–Crippen MR) is 103 cm³/mol. The molecule has 150 valence electrons. The first-order chi connectivity index (χ1) is 13.5. The van der Waals surface area contributed by atoms with Crippen molar-refractivity contribution in [1.29, 1.82) is 0 Å². The van der Waals surface area contributed by atoms with Crippen LogP contribution in [0.4, 0.5) is 0 Å². The molecule has 0 N–H and O–H groups in total.